The SMILES string of the molecule is O=C(N=C(/C=C/c1cccc2ccccc12)c1ccccc1)c1ccccc1. The van der Waals surface area contributed by atoms with E-state index in [1.54, 1.807) is 12.1 Å². The third kappa shape index (κ3) is 3.97. The molecular formula is C26H19NO. The Balaban J connectivity index is 1.75. The zero-order valence-electron chi connectivity index (χ0n) is 15.3. The molecule has 4 aromatic carbocycles. The highest BCUT2D eigenvalue weighted by atomic mass is 16.1. The lowest BCUT2D eigenvalue weighted by Crippen LogP contribution is -2.03. The van der Waals surface area contributed by atoms with Crippen molar-refractivity contribution in [1.82, 2.24) is 0 Å². The van der Waals surface area contributed by atoms with E-state index in [2.05, 4.69) is 29.3 Å². The summed E-state index contributed by atoms with van der Waals surface area (Å²) in [4.78, 5) is 17.0. The minimum Gasteiger partial charge on any atom is -0.267 e. The highest BCUT2D eigenvalue weighted by molar-refractivity contribution is 6.17. The Hall–Kier alpha value is -3.78. The molecule has 0 radical (unpaired) electrons. The van der Waals surface area contributed by atoms with Crippen molar-refractivity contribution in [1.29, 1.82) is 0 Å². The molecule has 134 valence electrons. The molecule has 4 aromatic rings. The highest BCUT2D eigenvalue weighted by Crippen LogP contribution is 2.20. The fourth-order valence-corrected chi connectivity index (χ4v) is 3.13. The third-order valence-electron chi connectivity index (χ3n) is 4.56. The molecule has 0 saturated carbocycles. The molecule has 0 spiro atoms. The summed E-state index contributed by atoms with van der Waals surface area (Å²) in [6.07, 6.45) is 3.93. The lowest BCUT2D eigenvalue weighted by molar-refractivity contribution is 0.100. The van der Waals surface area contributed by atoms with Crippen LogP contribution in [-0.4, -0.2) is 11.6 Å². The van der Waals surface area contributed by atoms with Gasteiger partial charge >= 0.3 is 0 Å². The summed E-state index contributed by atoms with van der Waals surface area (Å²) >= 11 is 0. The standard InChI is InChI=1S/C26H19NO/c28-26(23-13-5-2-6-14-23)27-25(22-11-3-1-4-12-22)19-18-21-16-9-15-20-10-7-8-17-24(20)21/h1-19H/b19-18+,27-25?. The van der Waals surface area contributed by atoms with Gasteiger partial charge in [-0.05, 0) is 34.5 Å². The van der Waals surface area contributed by atoms with Crippen LogP contribution in [-0.2, 0) is 0 Å². The first kappa shape index (κ1) is 17.6. The summed E-state index contributed by atoms with van der Waals surface area (Å²) in [5.74, 6) is -0.248. The van der Waals surface area contributed by atoms with Crippen LogP contribution in [0.25, 0.3) is 16.8 Å². The molecule has 0 fully saturated rings. The normalized spacial score (nSPS) is 11.8. The number of amides is 1. The summed E-state index contributed by atoms with van der Waals surface area (Å²) < 4.78 is 0. The summed E-state index contributed by atoms with van der Waals surface area (Å²) in [6.45, 7) is 0. The van der Waals surface area contributed by atoms with Crippen molar-refractivity contribution in [2.24, 2.45) is 4.99 Å². The summed E-state index contributed by atoms with van der Waals surface area (Å²) in [6, 6.07) is 33.4. The molecule has 0 bridgehead atoms. The lowest BCUT2D eigenvalue weighted by Gasteiger charge is -2.04. The smallest absolute Gasteiger partial charge is 0.267 e. The number of carbonyl (C=O) groups is 1. The predicted molar refractivity (Wildman–Crippen MR) is 117 cm³/mol. The second kappa shape index (κ2) is 8.28. The van der Waals surface area contributed by atoms with E-state index in [-0.39, 0.29) is 5.91 Å². The van der Waals surface area contributed by atoms with Crippen LogP contribution in [0.5, 0.6) is 0 Å². The van der Waals surface area contributed by atoms with Gasteiger partial charge in [0.2, 0.25) is 0 Å². The van der Waals surface area contributed by atoms with Crippen LogP contribution in [0.1, 0.15) is 21.5 Å². The molecule has 0 saturated heterocycles. The molecule has 0 heterocycles. The number of allylic oxidation sites excluding steroid dienone is 1. The van der Waals surface area contributed by atoms with E-state index in [1.807, 2.05) is 78.9 Å². The predicted octanol–water partition coefficient (Wildman–Crippen LogP) is 6.18. The van der Waals surface area contributed by atoms with Gasteiger partial charge in [-0.15, -0.1) is 0 Å². The molecule has 0 aliphatic rings. The van der Waals surface area contributed by atoms with Crippen molar-refractivity contribution >= 4 is 28.5 Å². The molecule has 0 aliphatic carbocycles. The average Bonchev–Trinajstić information content (AvgIpc) is 2.77. The monoisotopic (exact) mass is 361 g/mol. The molecule has 2 heteroatoms. The van der Waals surface area contributed by atoms with Crippen LogP contribution in [0, 0.1) is 0 Å². The Labute approximate surface area is 164 Å². The first-order chi connectivity index (χ1) is 13.8. The Morgan fingerprint density at radius 3 is 2.00 bits per heavy atom. The van der Waals surface area contributed by atoms with E-state index in [9.17, 15) is 4.79 Å². The van der Waals surface area contributed by atoms with Gasteiger partial charge in [0.25, 0.3) is 5.91 Å². The fourth-order valence-electron chi connectivity index (χ4n) is 3.13. The van der Waals surface area contributed by atoms with Crippen LogP contribution in [0.3, 0.4) is 0 Å². The zero-order chi connectivity index (χ0) is 19.2. The topological polar surface area (TPSA) is 29.4 Å². The minimum atomic E-state index is -0.248. The zero-order valence-corrected chi connectivity index (χ0v) is 15.3. The Bertz CT molecular complexity index is 1150. The maximum Gasteiger partial charge on any atom is 0.277 e. The summed E-state index contributed by atoms with van der Waals surface area (Å²) in [5.41, 5.74) is 3.22. The van der Waals surface area contributed by atoms with E-state index < -0.39 is 0 Å². The molecule has 1 amide bonds. The maximum absolute atomic E-state index is 12.6. The molecular weight excluding hydrogens is 342 g/mol. The number of hydrogen-bond acceptors (Lipinski definition) is 1. The maximum atomic E-state index is 12.6. The van der Waals surface area contributed by atoms with Crippen LogP contribution in [0.4, 0.5) is 0 Å². The van der Waals surface area contributed by atoms with Crippen LogP contribution < -0.4 is 0 Å². The molecule has 4 rings (SSSR count). The Kier molecular flexibility index (Phi) is 5.21. The quantitative estimate of drug-likeness (QED) is 0.399. The van der Waals surface area contributed by atoms with Gasteiger partial charge in [0.05, 0.1) is 5.71 Å². The largest absolute Gasteiger partial charge is 0.277 e. The number of hydrogen-bond donors (Lipinski definition) is 0. The summed E-state index contributed by atoms with van der Waals surface area (Å²) in [7, 11) is 0. The van der Waals surface area contributed by atoms with Crippen LogP contribution in [0.15, 0.2) is 114 Å². The molecule has 0 aromatic heterocycles. The third-order valence-corrected chi connectivity index (χ3v) is 4.56. The van der Waals surface area contributed by atoms with Crippen molar-refractivity contribution in [3.05, 3.63) is 126 Å². The number of carbonyl (C=O) groups excluding carboxylic acids is 1. The van der Waals surface area contributed by atoms with E-state index >= 15 is 0 Å². The number of nitrogens with zero attached hydrogens (tertiary/aromatic N) is 1. The molecule has 0 unspecified atom stereocenters. The second-order valence-corrected chi connectivity index (χ2v) is 6.44. The Morgan fingerprint density at radius 2 is 1.25 bits per heavy atom. The number of aliphatic imine (C=N–C) groups is 1. The van der Waals surface area contributed by atoms with E-state index in [4.69, 9.17) is 0 Å². The molecule has 0 atom stereocenters. The Morgan fingerprint density at radius 1 is 0.643 bits per heavy atom. The van der Waals surface area contributed by atoms with Gasteiger partial charge in [-0.2, -0.15) is 0 Å². The van der Waals surface area contributed by atoms with Crippen molar-refractivity contribution in [3.63, 3.8) is 0 Å². The molecule has 28 heavy (non-hydrogen) atoms. The van der Waals surface area contributed by atoms with Crippen LogP contribution in [0.2, 0.25) is 0 Å². The van der Waals surface area contributed by atoms with Gasteiger partial charge in [0.1, 0.15) is 0 Å². The van der Waals surface area contributed by atoms with E-state index in [0.29, 0.717) is 11.3 Å². The van der Waals surface area contributed by atoms with E-state index in [1.165, 1.54) is 10.8 Å². The van der Waals surface area contributed by atoms with Gasteiger partial charge in [-0.25, -0.2) is 4.99 Å². The van der Waals surface area contributed by atoms with Gasteiger partial charge in [-0.3, -0.25) is 4.79 Å². The second-order valence-electron chi connectivity index (χ2n) is 6.44. The average molecular weight is 361 g/mol. The highest BCUT2D eigenvalue weighted by Gasteiger charge is 2.07. The van der Waals surface area contributed by atoms with Crippen LogP contribution >= 0.6 is 0 Å². The first-order valence-electron chi connectivity index (χ1n) is 9.20. The van der Waals surface area contributed by atoms with Gasteiger partial charge in [0.15, 0.2) is 0 Å². The molecule has 0 N–H and O–H groups in total. The first-order valence-corrected chi connectivity index (χ1v) is 9.20. The molecule has 0 aliphatic heterocycles. The van der Waals surface area contributed by atoms with Crippen molar-refractivity contribution in [2.45, 2.75) is 0 Å². The number of rotatable bonds is 4. The van der Waals surface area contributed by atoms with Gasteiger partial charge < -0.3 is 0 Å². The van der Waals surface area contributed by atoms with Crippen molar-refractivity contribution in [3.8, 4) is 0 Å². The van der Waals surface area contributed by atoms with Gasteiger partial charge in [-0.1, -0.05) is 97.1 Å². The fraction of sp³-hybridized carbons (Fsp3) is 0. The lowest BCUT2D eigenvalue weighted by atomic mass is 10.0. The number of benzene rings is 4. The minimum absolute atomic E-state index is 0.248. The molecule has 2 nitrogen and oxygen atoms in total. The summed E-state index contributed by atoms with van der Waals surface area (Å²) in [5, 5.41) is 2.35. The van der Waals surface area contributed by atoms with Gasteiger partial charge in [0, 0.05) is 11.1 Å². The van der Waals surface area contributed by atoms with E-state index in [0.717, 1.165) is 11.1 Å². The van der Waals surface area contributed by atoms with Crippen molar-refractivity contribution < 1.29 is 4.79 Å². The number of fused-ring (bicyclic) bond motifs is 1. The van der Waals surface area contributed by atoms with Crippen molar-refractivity contribution in [2.75, 3.05) is 0 Å².